The molecule has 0 saturated heterocycles. The minimum absolute atomic E-state index is 0.0460. The number of nitrogens with one attached hydrogen (secondary N) is 1. The van der Waals surface area contributed by atoms with E-state index in [0.717, 1.165) is 35.6 Å². The van der Waals surface area contributed by atoms with E-state index in [2.05, 4.69) is 34.0 Å². The quantitative estimate of drug-likeness (QED) is 0.737. The average Bonchev–Trinajstić information content (AvgIpc) is 3.14. The third-order valence-electron chi connectivity index (χ3n) is 5.46. The Morgan fingerprint density at radius 1 is 1.07 bits per heavy atom. The van der Waals surface area contributed by atoms with Crippen molar-refractivity contribution in [3.8, 4) is 0 Å². The Morgan fingerprint density at radius 3 is 2.61 bits per heavy atom. The monoisotopic (exact) mass is 377 g/mol. The summed E-state index contributed by atoms with van der Waals surface area (Å²) in [4.78, 5) is 14.9. The van der Waals surface area contributed by atoms with Crippen LogP contribution < -0.4 is 5.32 Å². The summed E-state index contributed by atoms with van der Waals surface area (Å²) in [6.07, 6.45) is 2.05. The highest BCUT2D eigenvalue weighted by Gasteiger charge is 2.30. The van der Waals surface area contributed by atoms with Crippen LogP contribution in [0.25, 0.3) is 0 Å². The lowest BCUT2D eigenvalue weighted by Gasteiger charge is -2.36. The standard InChI is InChI=1S/C23H24FN3O/c1-16-5-10-20(14-17(16)2)25-22(28)15-27-13-12-26-11-3-4-21(26)23(27)18-6-8-19(24)9-7-18/h3-11,14,23H,12-13,15H2,1-2H3,(H,25,28)/t23-/m0/s1. The van der Waals surface area contributed by atoms with Crippen molar-refractivity contribution in [1.29, 1.82) is 0 Å². The van der Waals surface area contributed by atoms with Crippen LogP contribution in [0.4, 0.5) is 10.1 Å². The molecule has 1 atom stereocenters. The summed E-state index contributed by atoms with van der Waals surface area (Å²) in [5, 5.41) is 3.01. The van der Waals surface area contributed by atoms with Gasteiger partial charge in [-0.25, -0.2) is 4.39 Å². The second-order valence-corrected chi connectivity index (χ2v) is 7.40. The number of aromatic nitrogens is 1. The highest BCUT2D eigenvalue weighted by Crippen LogP contribution is 2.32. The third-order valence-corrected chi connectivity index (χ3v) is 5.46. The second-order valence-electron chi connectivity index (χ2n) is 7.40. The van der Waals surface area contributed by atoms with E-state index in [0.29, 0.717) is 0 Å². The van der Waals surface area contributed by atoms with Gasteiger partial charge in [-0.15, -0.1) is 0 Å². The van der Waals surface area contributed by atoms with E-state index in [1.54, 1.807) is 12.1 Å². The van der Waals surface area contributed by atoms with E-state index in [1.165, 1.54) is 17.7 Å². The van der Waals surface area contributed by atoms with Crippen LogP contribution >= 0.6 is 0 Å². The maximum absolute atomic E-state index is 13.4. The third kappa shape index (κ3) is 3.71. The number of carbonyl (C=O) groups is 1. The van der Waals surface area contributed by atoms with Crippen molar-refractivity contribution in [3.05, 3.63) is 89.0 Å². The molecule has 4 rings (SSSR count). The van der Waals surface area contributed by atoms with Crippen molar-refractivity contribution in [3.63, 3.8) is 0 Å². The lowest BCUT2D eigenvalue weighted by molar-refractivity contribution is -0.117. The first-order valence-corrected chi connectivity index (χ1v) is 9.53. The topological polar surface area (TPSA) is 37.3 Å². The molecule has 144 valence electrons. The van der Waals surface area contributed by atoms with Gasteiger partial charge in [-0.3, -0.25) is 9.69 Å². The van der Waals surface area contributed by atoms with Gasteiger partial charge in [0.15, 0.2) is 0 Å². The van der Waals surface area contributed by atoms with Crippen LogP contribution in [-0.2, 0) is 11.3 Å². The van der Waals surface area contributed by atoms with E-state index in [4.69, 9.17) is 0 Å². The number of fused-ring (bicyclic) bond motifs is 1. The molecule has 3 aromatic rings. The van der Waals surface area contributed by atoms with E-state index in [9.17, 15) is 9.18 Å². The number of amides is 1. The highest BCUT2D eigenvalue weighted by molar-refractivity contribution is 5.92. The maximum Gasteiger partial charge on any atom is 0.238 e. The van der Waals surface area contributed by atoms with Gasteiger partial charge in [0.1, 0.15) is 5.82 Å². The lowest BCUT2D eigenvalue weighted by Crippen LogP contribution is -2.42. The molecule has 5 heteroatoms. The molecule has 1 amide bonds. The van der Waals surface area contributed by atoms with Crippen molar-refractivity contribution >= 4 is 11.6 Å². The van der Waals surface area contributed by atoms with E-state index in [-0.39, 0.29) is 24.3 Å². The molecule has 1 aliphatic rings. The van der Waals surface area contributed by atoms with Gasteiger partial charge in [-0.05, 0) is 66.9 Å². The number of hydrogen-bond donors (Lipinski definition) is 1. The molecule has 4 nitrogen and oxygen atoms in total. The summed E-state index contributed by atoms with van der Waals surface area (Å²) in [5.41, 5.74) is 5.27. The van der Waals surface area contributed by atoms with E-state index in [1.807, 2.05) is 31.2 Å². The fourth-order valence-electron chi connectivity index (χ4n) is 3.83. The number of rotatable bonds is 4. The van der Waals surface area contributed by atoms with Crippen molar-refractivity contribution in [2.75, 3.05) is 18.4 Å². The number of benzene rings is 2. The van der Waals surface area contributed by atoms with E-state index < -0.39 is 0 Å². The largest absolute Gasteiger partial charge is 0.348 e. The molecule has 1 N–H and O–H groups in total. The first kappa shape index (κ1) is 18.4. The summed E-state index contributed by atoms with van der Waals surface area (Å²) in [7, 11) is 0. The fraction of sp³-hybridized carbons (Fsp3) is 0.261. The molecule has 1 aliphatic heterocycles. The first-order valence-electron chi connectivity index (χ1n) is 9.53. The second kappa shape index (κ2) is 7.60. The number of hydrogen-bond acceptors (Lipinski definition) is 2. The van der Waals surface area contributed by atoms with Crippen LogP contribution in [0.3, 0.4) is 0 Å². The predicted octanol–water partition coefficient (Wildman–Crippen LogP) is 4.29. The molecular formula is C23H24FN3O. The first-order chi connectivity index (χ1) is 13.5. The zero-order valence-electron chi connectivity index (χ0n) is 16.2. The number of halogens is 1. The molecule has 0 aliphatic carbocycles. The molecule has 0 radical (unpaired) electrons. The fourth-order valence-corrected chi connectivity index (χ4v) is 3.83. The molecule has 1 aromatic heterocycles. The number of aryl methyl sites for hydroxylation is 2. The normalized spacial score (nSPS) is 16.6. The number of nitrogens with zero attached hydrogens (tertiary/aromatic N) is 2. The maximum atomic E-state index is 13.4. The molecule has 28 heavy (non-hydrogen) atoms. The van der Waals surface area contributed by atoms with Crippen LogP contribution in [0, 0.1) is 19.7 Å². The average molecular weight is 377 g/mol. The number of carbonyl (C=O) groups excluding carboxylic acids is 1. The Morgan fingerprint density at radius 2 is 1.86 bits per heavy atom. The Bertz CT molecular complexity index is 993. The molecule has 0 fully saturated rings. The molecule has 0 saturated carbocycles. The zero-order valence-corrected chi connectivity index (χ0v) is 16.2. The summed E-state index contributed by atoms with van der Waals surface area (Å²) in [6.45, 7) is 5.95. The summed E-state index contributed by atoms with van der Waals surface area (Å²) in [6, 6.07) is 16.5. The minimum Gasteiger partial charge on any atom is -0.348 e. The summed E-state index contributed by atoms with van der Waals surface area (Å²) < 4.78 is 15.6. The van der Waals surface area contributed by atoms with Crippen molar-refractivity contribution in [1.82, 2.24) is 9.47 Å². The Labute approximate surface area is 164 Å². The van der Waals surface area contributed by atoms with Crippen LogP contribution in [0.1, 0.15) is 28.4 Å². The molecule has 0 unspecified atom stereocenters. The minimum atomic E-state index is -0.256. The molecule has 2 aromatic carbocycles. The smallest absolute Gasteiger partial charge is 0.238 e. The van der Waals surface area contributed by atoms with Crippen LogP contribution in [-0.4, -0.2) is 28.5 Å². The van der Waals surface area contributed by atoms with Gasteiger partial charge < -0.3 is 9.88 Å². The van der Waals surface area contributed by atoms with Gasteiger partial charge in [-0.2, -0.15) is 0 Å². The van der Waals surface area contributed by atoms with Gasteiger partial charge in [-0.1, -0.05) is 18.2 Å². The van der Waals surface area contributed by atoms with Crippen molar-refractivity contribution < 1.29 is 9.18 Å². The predicted molar refractivity (Wildman–Crippen MR) is 109 cm³/mol. The molecular weight excluding hydrogens is 353 g/mol. The van der Waals surface area contributed by atoms with Crippen LogP contribution in [0.5, 0.6) is 0 Å². The van der Waals surface area contributed by atoms with Gasteiger partial charge in [0.2, 0.25) is 5.91 Å². The van der Waals surface area contributed by atoms with Gasteiger partial charge in [0.25, 0.3) is 0 Å². The SMILES string of the molecule is Cc1ccc(NC(=O)CN2CCn3cccc3[C@@H]2c2ccc(F)cc2)cc1C. The molecule has 0 spiro atoms. The lowest BCUT2D eigenvalue weighted by atomic mass is 10.00. The van der Waals surface area contributed by atoms with E-state index >= 15 is 0 Å². The molecule has 2 heterocycles. The number of anilines is 1. The Balaban J connectivity index is 1.56. The Hall–Kier alpha value is -2.92. The van der Waals surface area contributed by atoms with Gasteiger partial charge in [0, 0.05) is 30.7 Å². The van der Waals surface area contributed by atoms with Crippen LogP contribution in [0.2, 0.25) is 0 Å². The van der Waals surface area contributed by atoms with Crippen LogP contribution in [0.15, 0.2) is 60.8 Å². The zero-order chi connectivity index (χ0) is 19.7. The van der Waals surface area contributed by atoms with Gasteiger partial charge >= 0.3 is 0 Å². The van der Waals surface area contributed by atoms with Crippen molar-refractivity contribution in [2.24, 2.45) is 0 Å². The highest BCUT2D eigenvalue weighted by atomic mass is 19.1. The van der Waals surface area contributed by atoms with Gasteiger partial charge in [0.05, 0.1) is 12.6 Å². The van der Waals surface area contributed by atoms with Crippen molar-refractivity contribution in [2.45, 2.75) is 26.4 Å². The summed E-state index contributed by atoms with van der Waals surface area (Å²) >= 11 is 0. The molecule has 0 bridgehead atoms. The summed E-state index contributed by atoms with van der Waals surface area (Å²) in [5.74, 6) is -0.302. The Kier molecular flexibility index (Phi) is 5.01.